The Hall–Kier alpha value is -0.530. The molecule has 1 aliphatic heterocycles. The maximum atomic E-state index is 5.44. The molecule has 1 fully saturated rings. The summed E-state index contributed by atoms with van der Waals surface area (Å²) in [7, 11) is 0. The molecule has 0 bridgehead atoms. The zero-order valence-electron chi connectivity index (χ0n) is 7.42. The van der Waals surface area contributed by atoms with Gasteiger partial charge in [0, 0.05) is 12.5 Å². The van der Waals surface area contributed by atoms with Gasteiger partial charge in [0.1, 0.15) is 0 Å². The van der Waals surface area contributed by atoms with Crippen LogP contribution in [0.3, 0.4) is 0 Å². The molecule has 62 valence electrons. The first-order chi connectivity index (χ1) is 5.18. The summed E-state index contributed by atoms with van der Waals surface area (Å²) in [6, 6.07) is 0. The Labute approximate surface area is 67.7 Å². The minimum Gasteiger partial charge on any atom is -0.481 e. The van der Waals surface area contributed by atoms with Gasteiger partial charge < -0.3 is 4.74 Å². The van der Waals surface area contributed by atoms with Crippen LogP contribution in [-0.2, 0) is 4.74 Å². The molecule has 0 aromatic heterocycles. The lowest BCUT2D eigenvalue weighted by Gasteiger charge is -2.08. The molecule has 1 heterocycles. The molecule has 2 heteroatoms. The van der Waals surface area contributed by atoms with Crippen molar-refractivity contribution in [2.45, 2.75) is 20.8 Å². The Morgan fingerprint density at radius 1 is 1.64 bits per heavy atom. The molecular formula is C9H15NO. The Morgan fingerprint density at radius 2 is 2.36 bits per heavy atom. The Balaban J connectivity index is 2.05. The molecular weight excluding hydrogens is 138 g/mol. The van der Waals surface area contributed by atoms with Gasteiger partial charge in [-0.25, -0.2) is 0 Å². The van der Waals surface area contributed by atoms with Crippen molar-refractivity contribution < 1.29 is 4.74 Å². The topological polar surface area (TPSA) is 21.6 Å². The van der Waals surface area contributed by atoms with Crippen LogP contribution in [0.4, 0.5) is 0 Å². The van der Waals surface area contributed by atoms with Crippen molar-refractivity contribution in [3.63, 3.8) is 0 Å². The minimum atomic E-state index is 0.478. The van der Waals surface area contributed by atoms with Gasteiger partial charge in [-0.2, -0.15) is 0 Å². The van der Waals surface area contributed by atoms with E-state index in [1.165, 1.54) is 0 Å². The highest BCUT2D eigenvalue weighted by molar-refractivity contribution is 5.85. The van der Waals surface area contributed by atoms with Gasteiger partial charge in [-0.05, 0) is 18.3 Å². The smallest absolute Gasteiger partial charge is 0.187 e. The number of nitrogens with zero attached hydrogens (tertiary/aromatic N) is 1. The summed E-state index contributed by atoms with van der Waals surface area (Å²) in [5, 5.41) is 0. The van der Waals surface area contributed by atoms with Crippen molar-refractivity contribution in [2.24, 2.45) is 22.2 Å². The Bertz CT molecular complexity index is 208. The summed E-state index contributed by atoms with van der Waals surface area (Å²) in [4.78, 5) is 4.35. The standard InChI is InChI=1S/C9H15NO/c1-4-11-8-7-6(5-10-8)9(7,2)3/h6-7H,4-5H2,1-3H3/t6-,7-/m0/s1. The van der Waals surface area contributed by atoms with E-state index in [-0.39, 0.29) is 0 Å². The van der Waals surface area contributed by atoms with Crippen molar-refractivity contribution in [3.05, 3.63) is 0 Å². The third kappa shape index (κ3) is 0.815. The molecule has 0 unspecified atom stereocenters. The molecule has 2 nitrogen and oxygen atoms in total. The predicted molar refractivity (Wildman–Crippen MR) is 44.7 cm³/mol. The summed E-state index contributed by atoms with van der Waals surface area (Å²) < 4.78 is 5.44. The van der Waals surface area contributed by atoms with E-state index in [2.05, 4.69) is 18.8 Å². The Morgan fingerprint density at radius 3 is 2.82 bits per heavy atom. The van der Waals surface area contributed by atoms with Crippen LogP contribution in [0.15, 0.2) is 4.99 Å². The molecule has 1 aliphatic carbocycles. The maximum absolute atomic E-state index is 5.44. The predicted octanol–water partition coefficient (Wildman–Crippen LogP) is 1.71. The van der Waals surface area contributed by atoms with E-state index in [1.807, 2.05) is 6.92 Å². The summed E-state index contributed by atoms with van der Waals surface area (Å²) in [6.07, 6.45) is 0. The van der Waals surface area contributed by atoms with Gasteiger partial charge in [0.05, 0.1) is 6.61 Å². The lowest BCUT2D eigenvalue weighted by molar-refractivity contribution is 0.308. The van der Waals surface area contributed by atoms with E-state index in [0.717, 1.165) is 25.0 Å². The molecule has 0 aromatic carbocycles. The fourth-order valence-corrected chi connectivity index (χ4v) is 2.15. The lowest BCUT2D eigenvalue weighted by atomic mass is 10.1. The average molecular weight is 153 g/mol. The monoisotopic (exact) mass is 153 g/mol. The van der Waals surface area contributed by atoms with E-state index < -0.39 is 0 Å². The van der Waals surface area contributed by atoms with Crippen LogP contribution in [0.5, 0.6) is 0 Å². The van der Waals surface area contributed by atoms with Crippen molar-refractivity contribution in [1.82, 2.24) is 0 Å². The van der Waals surface area contributed by atoms with E-state index in [0.29, 0.717) is 11.3 Å². The van der Waals surface area contributed by atoms with Crippen molar-refractivity contribution in [2.75, 3.05) is 13.2 Å². The van der Waals surface area contributed by atoms with Crippen molar-refractivity contribution >= 4 is 5.90 Å². The lowest BCUT2D eigenvalue weighted by Crippen LogP contribution is -2.10. The van der Waals surface area contributed by atoms with Crippen molar-refractivity contribution in [1.29, 1.82) is 0 Å². The third-order valence-electron chi connectivity index (χ3n) is 3.05. The molecule has 1 saturated carbocycles. The number of fused-ring (bicyclic) bond motifs is 1. The average Bonchev–Trinajstić information content (AvgIpc) is 2.37. The van der Waals surface area contributed by atoms with Gasteiger partial charge in [-0.15, -0.1) is 0 Å². The second-order valence-corrected chi connectivity index (χ2v) is 4.02. The molecule has 0 amide bonds. The number of hydrogen-bond acceptors (Lipinski definition) is 2. The molecule has 0 N–H and O–H groups in total. The summed E-state index contributed by atoms with van der Waals surface area (Å²) in [5.41, 5.74) is 0.478. The van der Waals surface area contributed by atoms with Crippen LogP contribution < -0.4 is 0 Å². The van der Waals surface area contributed by atoms with Gasteiger partial charge in [0.25, 0.3) is 0 Å². The maximum Gasteiger partial charge on any atom is 0.187 e. The van der Waals surface area contributed by atoms with Gasteiger partial charge in [-0.1, -0.05) is 13.8 Å². The number of aliphatic imine (C=N–C) groups is 1. The molecule has 2 aliphatic rings. The van der Waals surface area contributed by atoms with E-state index in [9.17, 15) is 0 Å². The first kappa shape index (κ1) is 7.14. The zero-order chi connectivity index (χ0) is 8.06. The fourth-order valence-electron chi connectivity index (χ4n) is 2.15. The van der Waals surface area contributed by atoms with Gasteiger partial charge >= 0.3 is 0 Å². The molecule has 11 heavy (non-hydrogen) atoms. The molecule has 2 rings (SSSR count). The highest BCUT2D eigenvalue weighted by atomic mass is 16.5. The largest absolute Gasteiger partial charge is 0.481 e. The minimum absolute atomic E-state index is 0.478. The number of hydrogen-bond donors (Lipinski definition) is 0. The summed E-state index contributed by atoms with van der Waals surface area (Å²) in [6.45, 7) is 8.38. The molecule has 2 atom stereocenters. The van der Waals surface area contributed by atoms with E-state index >= 15 is 0 Å². The first-order valence-corrected chi connectivity index (χ1v) is 4.35. The van der Waals surface area contributed by atoms with E-state index in [1.54, 1.807) is 0 Å². The normalized spacial score (nSPS) is 37.9. The molecule has 0 saturated heterocycles. The first-order valence-electron chi connectivity index (χ1n) is 4.35. The summed E-state index contributed by atoms with van der Waals surface area (Å²) >= 11 is 0. The number of ether oxygens (including phenoxy) is 1. The number of rotatable bonds is 1. The highest BCUT2D eigenvalue weighted by Gasteiger charge is 2.63. The van der Waals surface area contributed by atoms with Crippen LogP contribution in [0.2, 0.25) is 0 Å². The van der Waals surface area contributed by atoms with Gasteiger partial charge in [0.2, 0.25) is 0 Å². The SMILES string of the molecule is CCOC1=NC[C@H]2[C@@H]1C2(C)C. The second kappa shape index (κ2) is 1.99. The van der Waals surface area contributed by atoms with E-state index in [4.69, 9.17) is 4.74 Å². The molecule has 0 aromatic rings. The molecule has 0 radical (unpaired) electrons. The van der Waals surface area contributed by atoms with Gasteiger partial charge in [0.15, 0.2) is 5.90 Å². The molecule has 0 spiro atoms. The van der Waals surface area contributed by atoms with Crippen LogP contribution in [-0.4, -0.2) is 19.0 Å². The fraction of sp³-hybridized carbons (Fsp3) is 0.889. The zero-order valence-corrected chi connectivity index (χ0v) is 7.42. The summed E-state index contributed by atoms with van der Waals surface area (Å²) in [5.74, 6) is 2.44. The van der Waals surface area contributed by atoms with Crippen LogP contribution in [0, 0.1) is 17.3 Å². The van der Waals surface area contributed by atoms with Crippen LogP contribution in [0.25, 0.3) is 0 Å². The van der Waals surface area contributed by atoms with Crippen LogP contribution >= 0.6 is 0 Å². The Kier molecular flexibility index (Phi) is 1.29. The highest BCUT2D eigenvalue weighted by Crippen LogP contribution is 2.61. The second-order valence-electron chi connectivity index (χ2n) is 4.02. The van der Waals surface area contributed by atoms with Crippen LogP contribution in [0.1, 0.15) is 20.8 Å². The van der Waals surface area contributed by atoms with Gasteiger partial charge in [-0.3, -0.25) is 4.99 Å². The van der Waals surface area contributed by atoms with Crippen molar-refractivity contribution in [3.8, 4) is 0 Å². The quantitative estimate of drug-likeness (QED) is 0.562. The third-order valence-corrected chi connectivity index (χ3v) is 3.05.